The van der Waals surface area contributed by atoms with Gasteiger partial charge in [0.2, 0.25) is 0 Å². The van der Waals surface area contributed by atoms with E-state index in [0.29, 0.717) is 12.8 Å². The van der Waals surface area contributed by atoms with Crippen LogP contribution >= 0.6 is 0 Å². The van der Waals surface area contributed by atoms with Crippen molar-refractivity contribution >= 4 is 9.84 Å². The van der Waals surface area contributed by atoms with Crippen LogP contribution in [0.25, 0.3) is 0 Å². The maximum absolute atomic E-state index is 11.7. The summed E-state index contributed by atoms with van der Waals surface area (Å²) in [6.45, 7) is 1.85. The third-order valence-corrected chi connectivity index (χ3v) is 5.49. The van der Waals surface area contributed by atoms with E-state index in [-0.39, 0.29) is 17.9 Å². The van der Waals surface area contributed by atoms with E-state index in [4.69, 9.17) is 10.8 Å². The van der Waals surface area contributed by atoms with E-state index < -0.39 is 15.3 Å². The van der Waals surface area contributed by atoms with Crippen LogP contribution < -0.4 is 5.73 Å². The Morgan fingerprint density at radius 3 is 2.60 bits per heavy atom. The van der Waals surface area contributed by atoms with Gasteiger partial charge >= 0.3 is 0 Å². The summed E-state index contributed by atoms with van der Waals surface area (Å²) >= 11 is 0. The molecular formula is C10H21NO3S. The normalized spacial score (nSPS) is 34.3. The van der Waals surface area contributed by atoms with Crippen LogP contribution in [0.3, 0.4) is 0 Å². The smallest absolute Gasteiger partial charge is 0.150 e. The molecule has 0 aromatic carbocycles. The first-order chi connectivity index (χ1) is 6.84. The molecule has 3 N–H and O–H groups in total. The Morgan fingerprint density at radius 1 is 1.60 bits per heavy atom. The van der Waals surface area contributed by atoms with Crippen LogP contribution in [0.15, 0.2) is 0 Å². The predicted molar refractivity (Wildman–Crippen MR) is 60.3 cm³/mol. The third kappa shape index (κ3) is 2.34. The number of aliphatic hydroxyl groups is 1. The van der Waals surface area contributed by atoms with Gasteiger partial charge in [-0.25, -0.2) is 8.42 Å². The Labute approximate surface area is 91.8 Å². The molecule has 1 aliphatic rings. The maximum atomic E-state index is 11.7. The first-order valence-corrected chi connectivity index (χ1v) is 7.35. The second-order valence-electron chi connectivity index (χ2n) is 4.71. The number of hydrogen-bond donors (Lipinski definition) is 2. The number of aliphatic hydroxyl groups excluding tert-OH is 1. The van der Waals surface area contributed by atoms with Gasteiger partial charge in [-0.1, -0.05) is 6.42 Å². The third-order valence-electron chi connectivity index (χ3n) is 3.75. The van der Waals surface area contributed by atoms with Crippen LogP contribution in [0.2, 0.25) is 0 Å². The van der Waals surface area contributed by atoms with Crippen LogP contribution in [-0.2, 0) is 9.84 Å². The Balaban J connectivity index is 3.06. The van der Waals surface area contributed by atoms with Gasteiger partial charge in [0.15, 0.2) is 9.84 Å². The summed E-state index contributed by atoms with van der Waals surface area (Å²) in [4.78, 5) is 0. The minimum absolute atomic E-state index is 0.00750. The highest BCUT2D eigenvalue weighted by atomic mass is 32.2. The molecule has 15 heavy (non-hydrogen) atoms. The van der Waals surface area contributed by atoms with Gasteiger partial charge in [-0.05, 0) is 26.2 Å². The van der Waals surface area contributed by atoms with E-state index in [1.165, 1.54) is 6.26 Å². The fourth-order valence-corrected chi connectivity index (χ4v) is 4.85. The van der Waals surface area contributed by atoms with Crippen LogP contribution in [0.5, 0.6) is 0 Å². The summed E-state index contributed by atoms with van der Waals surface area (Å²) in [5, 5.41) is 8.70. The molecule has 0 spiro atoms. The first kappa shape index (κ1) is 12.9. The van der Waals surface area contributed by atoms with Crippen LogP contribution in [0.1, 0.15) is 32.6 Å². The first-order valence-electron chi connectivity index (χ1n) is 5.40. The minimum Gasteiger partial charge on any atom is -0.396 e. The van der Waals surface area contributed by atoms with Crippen LogP contribution in [-0.4, -0.2) is 37.7 Å². The standard InChI is InChI=1S/C10H21NO3S/c1-8(11)10(6-7-12)5-3-4-9(10)15(2,13)14/h8-9,12H,3-7,11H2,1-2H3. The highest BCUT2D eigenvalue weighted by molar-refractivity contribution is 7.91. The minimum atomic E-state index is -3.07. The molecule has 1 fully saturated rings. The fourth-order valence-electron chi connectivity index (χ4n) is 2.95. The van der Waals surface area contributed by atoms with E-state index in [0.717, 1.165) is 12.8 Å². The number of sulfone groups is 1. The van der Waals surface area contributed by atoms with Gasteiger partial charge < -0.3 is 10.8 Å². The lowest BCUT2D eigenvalue weighted by Crippen LogP contribution is -2.48. The highest BCUT2D eigenvalue weighted by Gasteiger charge is 2.49. The van der Waals surface area contributed by atoms with Crippen molar-refractivity contribution in [2.45, 2.75) is 43.9 Å². The molecule has 3 atom stereocenters. The fraction of sp³-hybridized carbons (Fsp3) is 1.00. The molecule has 0 radical (unpaired) electrons. The average molecular weight is 235 g/mol. The summed E-state index contributed by atoms with van der Waals surface area (Å²) < 4.78 is 23.4. The second-order valence-corrected chi connectivity index (χ2v) is 6.93. The van der Waals surface area contributed by atoms with Crippen molar-refractivity contribution < 1.29 is 13.5 Å². The quantitative estimate of drug-likeness (QED) is 0.734. The SMILES string of the molecule is CC(N)C1(CCO)CCCC1S(C)(=O)=O. The van der Waals surface area contributed by atoms with Gasteiger partial charge in [-0.15, -0.1) is 0 Å². The molecule has 5 heteroatoms. The highest BCUT2D eigenvalue weighted by Crippen LogP contribution is 2.46. The lowest BCUT2D eigenvalue weighted by atomic mass is 9.76. The molecule has 0 bridgehead atoms. The molecule has 1 rings (SSSR count). The Kier molecular flexibility index (Phi) is 3.79. The lowest BCUT2D eigenvalue weighted by molar-refractivity contribution is 0.161. The topological polar surface area (TPSA) is 80.4 Å². The van der Waals surface area contributed by atoms with Crippen molar-refractivity contribution in [1.29, 1.82) is 0 Å². The van der Waals surface area contributed by atoms with Gasteiger partial charge in [0.05, 0.1) is 5.25 Å². The summed E-state index contributed by atoms with van der Waals surface area (Å²) in [6, 6.07) is -0.188. The van der Waals surface area contributed by atoms with Crippen molar-refractivity contribution in [3.05, 3.63) is 0 Å². The maximum Gasteiger partial charge on any atom is 0.150 e. The zero-order valence-electron chi connectivity index (χ0n) is 9.44. The zero-order valence-corrected chi connectivity index (χ0v) is 10.3. The number of nitrogens with two attached hydrogens (primary N) is 1. The largest absolute Gasteiger partial charge is 0.396 e. The van der Waals surface area contributed by atoms with Gasteiger partial charge in [0, 0.05) is 24.3 Å². The van der Waals surface area contributed by atoms with Crippen molar-refractivity contribution in [3.8, 4) is 0 Å². The molecule has 1 aliphatic carbocycles. The summed E-state index contributed by atoms with van der Waals surface area (Å²) in [5.74, 6) is 0. The van der Waals surface area contributed by atoms with Crippen LogP contribution in [0.4, 0.5) is 0 Å². The second kappa shape index (κ2) is 4.39. The summed E-state index contributed by atoms with van der Waals surface area (Å²) in [6.07, 6.45) is 4.14. The molecule has 4 nitrogen and oxygen atoms in total. The predicted octanol–water partition coefficient (Wildman–Crippen LogP) is 0.300. The van der Waals surface area contributed by atoms with Crippen molar-refractivity contribution in [2.24, 2.45) is 11.1 Å². The van der Waals surface area contributed by atoms with E-state index in [1.807, 2.05) is 6.92 Å². The molecule has 0 heterocycles. The molecule has 3 unspecified atom stereocenters. The molecule has 0 aromatic heterocycles. The van der Waals surface area contributed by atoms with E-state index in [9.17, 15) is 8.42 Å². The molecule has 1 saturated carbocycles. The summed E-state index contributed by atoms with van der Waals surface area (Å²) in [7, 11) is -3.07. The van der Waals surface area contributed by atoms with E-state index in [2.05, 4.69) is 0 Å². The van der Waals surface area contributed by atoms with Gasteiger partial charge in [-0.3, -0.25) is 0 Å². The van der Waals surface area contributed by atoms with Gasteiger partial charge in [-0.2, -0.15) is 0 Å². The summed E-state index contributed by atoms with van der Waals surface area (Å²) in [5.41, 5.74) is 5.52. The van der Waals surface area contributed by atoms with E-state index in [1.54, 1.807) is 0 Å². The monoisotopic (exact) mass is 235 g/mol. The Bertz CT molecular complexity index is 313. The van der Waals surface area contributed by atoms with E-state index >= 15 is 0 Å². The molecular weight excluding hydrogens is 214 g/mol. The van der Waals surface area contributed by atoms with Crippen molar-refractivity contribution in [2.75, 3.05) is 12.9 Å². The lowest BCUT2D eigenvalue weighted by Gasteiger charge is -2.37. The van der Waals surface area contributed by atoms with Gasteiger partial charge in [0.1, 0.15) is 0 Å². The van der Waals surface area contributed by atoms with Crippen molar-refractivity contribution in [1.82, 2.24) is 0 Å². The van der Waals surface area contributed by atoms with Crippen LogP contribution in [0, 0.1) is 5.41 Å². The Hall–Kier alpha value is -0.130. The van der Waals surface area contributed by atoms with Crippen molar-refractivity contribution in [3.63, 3.8) is 0 Å². The molecule has 0 saturated heterocycles. The number of hydrogen-bond acceptors (Lipinski definition) is 4. The molecule has 90 valence electrons. The molecule has 0 aliphatic heterocycles. The molecule has 0 amide bonds. The Morgan fingerprint density at radius 2 is 2.20 bits per heavy atom. The molecule has 0 aromatic rings. The number of rotatable bonds is 4. The average Bonchev–Trinajstić information content (AvgIpc) is 2.49. The van der Waals surface area contributed by atoms with Gasteiger partial charge in [0.25, 0.3) is 0 Å². The zero-order chi connectivity index (χ0) is 11.7.